The Morgan fingerprint density at radius 3 is 2.50 bits per heavy atom. The summed E-state index contributed by atoms with van der Waals surface area (Å²) in [5.41, 5.74) is 0. The maximum atomic E-state index is 12.2. The van der Waals surface area contributed by atoms with Gasteiger partial charge < -0.3 is 5.32 Å². The number of piperazine rings is 1. The summed E-state index contributed by atoms with van der Waals surface area (Å²) in [6, 6.07) is 0.502. The van der Waals surface area contributed by atoms with Crippen molar-refractivity contribution < 1.29 is 13.2 Å². The fraction of sp³-hybridized carbons (Fsp3) is 1.00. The third-order valence-corrected chi connectivity index (χ3v) is 3.22. The summed E-state index contributed by atoms with van der Waals surface area (Å²) in [7, 11) is 0. The molecule has 16 heavy (non-hydrogen) atoms. The fourth-order valence-corrected chi connectivity index (χ4v) is 1.98. The Morgan fingerprint density at radius 2 is 2.00 bits per heavy atom. The minimum Gasteiger partial charge on any atom is -0.311 e. The molecular formula is C11H21F3N2. The van der Waals surface area contributed by atoms with E-state index in [0.29, 0.717) is 12.0 Å². The van der Waals surface area contributed by atoms with Crippen LogP contribution in [0.1, 0.15) is 27.2 Å². The molecule has 0 aromatic carbocycles. The highest BCUT2D eigenvalue weighted by Gasteiger charge is 2.32. The van der Waals surface area contributed by atoms with E-state index in [9.17, 15) is 13.2 Å². The monoisotopic (exact) mass is 238 g/mol. The van der Waals surface area contributed by atoms with Gasteiger partial charge >= 0.3 is 6.18 Å². The summed E-state index contributed by atoms with van der Waals surface area (Å²) in [6.45, 7) is 7.77. The molecule has 2 atom stereocenters. The maximum Gasteiger partial charge on any atom is 0.390 e. The van der Waals surface area contributed by atoms with Crippen LogP contribution in [-0.4, -0.2) is 42.8 Å². The Labute approximate surface area is 95.2 Å². The molecule has 1 rings (SSSR count). The van der Waals surface area contributed by atoms with Crippen molar-refractivity contribution in [2.24, 2.45) is 5.92 Å². The van der Waals surface area contributed by atoms with Crippen molar-refractivity contribution in [1.82, 2.24) is 10.2 Å². The average Bonchev–Trinajstić information content (AvgIpc) is 2.14. The largest absolute Gasteiger partial charge is 0.390 e. The quantitative estimate of drug-likeness (QED) is 0.811. The minimum atomic E-state index is -4.04. The molecule has 2 unspecified atom stereocenters. The van der Waals surface area contributed by atoms with Gasteiger partial charge in [-0.3, -0.25) is 4.90 Å². The smallest absolute Gasteiger partial charge is 0.311 e. The van der Waals surface area contributed by atoms with Gasteiger partial charge in [-0.2, -0.15) is 13.2 Å². The van der Waals surface area contributed by atoms with Crippen molar-refractivity contribution in [2.75, 3.05) is 19.6 Å². The predicted molar refractivity (Wildman–Crippen MR) is 58.3 cm³/mol. The predicted octanol–water partition coefficient (Wildman–Crippen LogP) is 2.26. The number of hydrogen-bond donors (Lipinski definition) is 1. The number of hydrogen-bond acceptors (Lipinski definition) is 2. The molecule has 1 N–H and O–H groups in total. The van der Waals surface area contributed by atoms with Crippen molar-refractivity contribution in [2.45, 2.75) is 45.5 Å². The van der Waals surface area contributed by atoms with Crippen LogP contribution < -0.4 is 5.32 Å². The summed E-state index contributed by atoms with van der Waals surface area (Å²) in [4.78, 5) is 1.94. The highest BCUT2D eigenvalue weighted by molar-refractivity contribution is 4.85. The first-order chi connectivity index (χ1) is 7.29. The van der Waals surface area contributed by atoms with Crippen LogP contribution in [0.4, 0.5) is 13.2 Å². The Bertz CT molecular complexity index is 216. The van der Waals surface area contributed by atoms with Crippen molar-refractivity contribution in [3.8, 4) is 0 Å². The zero-order valence-corrected chi connectivity index (χ0v) is 10.1. The zero-order valence-electron chi connectivity index (χ0n) is 10.1. The van der Waals surface area contributed by atoms with Crippen LogP contribution in [0, 0.1) is 5.92 Å². The highest BCUT2D eigenvalue weighted by Crippen LogP contribution is 2.21. The zero-order chi connectivity index (χ0) is 12.3. The normalized spacial score (nSPS) is 28.7. The third-order valence-electron chi connectivity index (χ3n) is 3.22. The molecular weight excluding hydrogens is 217 g/mol. The molecule has 1 fully saturated rings. The van der Waals surface area contributed by atoms with E-state index >= 15 is 0 Å². The Balaban J connectivity index is 2.44. The Hall–Kier alpha value is -0.290. The summed E-state index contributed by atoms with van der Waals surface area (Å²) < 4.78 is 36.5. The third kappa shape index (κ3) is 4.29. The standard InChI is InChI=1S/C11H21F3N2/c1-8(2)10-7-16(9(3)6-15-10)5-4-11(12,13)14/h8-10,15H,4-7H2,1-3H3. The summed E-state index contributed by atoms with van der Waals surface area (Å²) >= 11 is 0. The van der Waals surface area contributed by atoms with Crippen molar-refractivity contribution in [3.05, 3.63) is 0 Å². The van der Waals surface area contributed by atoms with Gasteiger partial charge in [-0.1, -0.05) is 13.8 Å². The lowest BCUT2D eigenvalue weighted by Crippen LogP contribution is -2.57. The van der Waals surface area contributed by atoms with E-state index < -0.39 is 12.6 Å². The van der Waals surface area contributed by atoms with Crippen LogP contribution in [0.25, 0.3) is 0 Å². The van der Waals surface area contributed by atoms with E-state index in [4.69, 9.17) is 0 Å². The van der Waals surface area contributed by atoms with Gasteiger partial charge in [-0.15, -0.1) is 0 Å². The Morgan fingerprint density at radius 1 is 1.38 bits per heavy atom. The minimum absolute atomic E-state index is 0.121. The van der Waals surface area contributed by atoms with Crippen LogP contribution >= 0.6 is 0 Å². The van der Waals surface area contributed by atoms with Crippen LogP contribution in [0.2, 0.25) is 0 Å². The molecule has 1 heterocycles. The highest BCUT2D eigenvalue weighted by atomic mass is 19.4. The van der Waals surface area contributed by atoms with Crippen molar-refractivity contribution in [1.29, 1.82) is 0 Å². The molecule has 1 saturated heterocycles. The molecule has 1 aliphatic rings. The van der Waals surface area contributed by atoms with Crippen molar-refractivity contribution >= 4 is 0 Å². The molecule has 1 aliphatic heterocycles. The molecule has 0 saturated carbocycles. The maximum absolute atomic E-state index is 12.2. The SMILES string of the molecule is CC(C)C1CN(CCC(F)(F)F)C(C)CN1. The van der Waals surface area contributed by atoms with Gasteiger partial charge in [0.1, 0.15) is 0 Å². The van der Waals surface area contributed by atoms with Gasteiger partial charge in [0.05, 0.1) is 6.42 Å². The van der Waals surface area contributed by atoms with E-state index in [1.165, 1.54) is 0 Å². The van der Waals surface area contributed by atoms with Crippen LogP contribution in [0.15, 0.2) is 0 Å². The van der Waals surface area contributed by atoms with E-state index in [1.807, 2.05) is 11.8 Å². The molecule has 96 valence electrons. The summed E-state index contributed by atoms with van der Waals surface area (Å²) in [5.74, 6) is 0.459. The molecule has 0 amide bonds. The van der Waals surface area contributed by atoms with E-state index in [2.05, 4.69) is 19.2 Å². The van der Waals surface area contributed by atoms with E-state index in [-0.39, 0.29) is 12.6 Å². The number of rotatable bonds is 3. The molecule has 0 spiro atoms. The topological polar surface area (TPSA) is 15.3 Å². The summed E-state index contributed by atoms with van der Waals surface area (Å²) in [5, 5.41) is 3.37. The number of nitrogens with one attached hydrogen (secondary N) is 1. The average molecular weight is 238 g/mol. The van der Waals surface area contributed by atoms with Gasteiger partial charge in [-0.05, 0) is 12.8 Å². The molecule has 0 aromatic rings. The summed E-state index contributed by atoms with van der Waals surface area (Å²) in [6.07, 6.45) is -4.75. The van der Waals surface area contributed by atoms with Gasteiger partial charge in [0.15, 0.2) is 0 Å². The fourth-order valence-electron chi connectivity index (χ4n) is 1.98. The molecule has 5 heteroatoms. The Kier molecular flexibility index (Phi) is 4.62. The first-order valence-electron chi connectivity index (χ1n) is 5.84. The molecule has 0 aromatic heterocycles. The van der Waals surface area contributed by atoms with Gasteiger partial charge in [0.2, 0.25) is 0 Å². The van der Waals surface area contributed by atoms with Crippen LogP contribution in [-0.2, 0) is 0 Å². The molecule has 0 bridgehead atoms. The second-order valence-electron chi connectivity index (χ2n) is 4.97. The number of halogens is 3. The first kappa shape index (κ1) is 13.8. The van der Waals surface area contributed by atoms with Crippen LogP contribution in [0.5, 0.6) is 0 Å². The van der Waals surface area contributed by atoms with Gasteiger partial charge in [0, 0.05) is 31.7 Å². The van der Waals surface area contributed by atoms with Crippen LogP contribution in [0.3, 0.4) is 0 Å². The van der Waals surface area contributed by atoms with Gasteiger partial charge in [0.25, 0.3) is 0 Å². The second-order valence-corrected chi connectivity index (χ2v) is 4.97. The second kappa shape index (κ2) is 5.36. The number of alkyl halides is 3. The van der Waals surface area contributed by atoms with E-state index in [0.717, 1.165) is 13.1 Å². The number of nitrogens with zero attached hydrogens (tertiary/aromatic N) is 1. The lowest BCUT2D eigenvalue weighted by Gasteiger charge is -2.40. The van der Waals surface area contributed by atoms with Crippen molar-refractivity contribution in [3.63, 3.8) is 0 Å². The lowest BCUT2D eigenvalue weighted by atomic mass is 9.99. The lowest BCUT2D eigenvalue weighted by molar-refractivity contribution is -0.139. The molecule has 2 nitrogen and oxygen atoms in total. The van der Waals surface area contributed by atoms with Gasteiger partial charge in [-0.25, -0.2) is 0 Å². The molecule has 0 radical (unpaired) electrons. The first-order valence-corrected chi connectivity index (χ1v) is 5.84. The molecule has 0 aliphatic carbocycles. The van der Waals surface area contributed by atoms with E-state index in [1.54, 1.807) is 0 Å².